The maximum absolute atomic E-state index is 12.7. The number of ketones is 1. The third-order valence-corrected chi connectivity index (χ3v) is 4.36. The number of ether oxygens (including phenoxy) is 2. The molecule has 0 aliphatic heterocycles. The Labute approximate surface area is 170 Å². The molecule has 0 aromatic heterocycles. The number of benzene rings is 3. The van der Waals surface area contributed by atoms with Crippen molar-refractivity contribution in [2.75, 3.05) is 19.0 Å². The molecule has 0 fully saturated rings. The number of methoxy groups -OCH3 is 1. The molecule has 148 valence electrons. The first-order valence-electron chi connectivity index (χ1n) is 9.43. The van der Waals surface area contributed by atoms with Crippen molar-refractivity contribution in [2.24, 2.45) is 0 Å². The van der Waals surface area contributed by atoms with Crippen LogP contribution in [0.3, 0.4) is 0 Å². The van der Waals surface area contributed by atoms with Gasteiger partial charge < -0.3 is 14.8 Å². The van der Waals surface area contributed by atoms with E-state index in [1.54, 1.807) is 43.5 Å². The average molecular weight is 389 g/mol. The van der Waals surface area contributed by atoms with E-state index in [0.717, 1.165) is 11.5 Å². The minimum atomic E-state index is -0.156. The van der Waals surface area contributed by atoms with Gasteiger partial charge in [-0.1, -0.05) is 42.5 Å². The largest absolute Gasteiger partial charge is 0.497 e. The van der Waals surface area contributed by atoms with Crippen LogP contribution in [0.2, 0.25) is 0 Å². The first kappa shape index (κ1) is 20.1. The zero-order chi connectivity index (χ0) is 20.5. The van der Waals surface area contributed by atoms with E-state index in [-0.39, 0.29) is 11.7 Å². The summed E-state index contributed by atoms with van der Waals surface area (Å²) in [5.74, 6) is 1.21. The van der Waals surface area contributed by atoms with Gasteiger partial charge in [-0.05, 0) is 42.8 Å². The zero-order valence-corrected chi connectivity index (χ0v) is 16.3. The van der Waals surface area contributed by atoms with Gasteiger partial charge in [-0.2, -0.15) is 0 Å². The number of rotatable bonds is 9. The predicted octanol–water partition coefficient (Wildman–Crippen LogP) is 4.72. The number of carbonyl (C=O) groups is 2. The standard InChI is InChI=1S/C24H23NO4/c1-28-19-13-15-20(16-14-19)29-17-7-12-23(26)25-22-11-6-5-10-21(22)24(27)18-8-3-2-4-9-18/h2-6,8-11,13-16H,7,12,17H2,1H3,(H,25,26). The molecule has 0 unspecified atom stereocenters. The highest BCUT2D eigenvalue weighted by Crippen LogP contribution is 2.20. The summed E-state index contributed by atoms with van der Waals surface area (Å²) in [7, 11) is 1.61. The van der Waals surface area contributed by atoms with Crippen LogP contribution in [0.5, 0.6) is 11.5 Å². The molecule has 0 spiro atoms. The minimum absolute atomic E-state index is 0.121. The number of carbonyl (C=O) groups excluding carboxylic acids is 2. The van der Waals surface area contributed by atoms with Crippen LogP contribution >= 0.6 is 0 Å². The van der Waals surface area contributed by atoms with Gasteiger partial charge in [0.15, 0.2) is 5.78 Å². The van der Waals surface area contributed by atoms with Crippen molar-refractivity contribution in [3.05, 3.63) is 90.0 Å². The molecule has 0 radical (unpaired) electrons. The second-order valence-corrected chi connectivity index (χ2v) is 6.42. The first-order valence-corrected chi connectivity index (χ1v) is 9.43. The van der Waals surface area contributed by atoms with E-state index in [1.165, 1.54) is 0 Å². The van der Waals surface area contributed by atoms with E-state index in [2.05, 4.69) is 5.32 Å². The van der Waals surface area contributed by atoms with Crippen molar-refractivity contribution in [2.45, 2.75) is 12.8 Å². The lowest BCUT2D eigenvalue weighted by Crippen LogP contribution is -2.15. The van der Waals surface area contributed by atoms with Crippen LogP contribution in [0.25, 0.3) is 0 Å². The summed E-state index contributed by atoms with van der Waals surface area (Å²) in [6.07, 6.45) is 0.858. The maximum atomic E-state index is 12.7. The molecule has 0 atom stereocenters. The Hall–Kier alpha value is -3.60. The van der Waals surface area contributed by atoms with Crippen LogP contribution < -0.4 is 14.8 Å². The van der Waals surface area contributed by atoms with E-state index < -0.39 is 0 Å². The fraction of sp³-hybridized carbons (Fsp3) is 0.167. The van der Waals surface area contributed by atoms with Crippen LogP contribution in [0.4, 0.5) is 5.69 Å². The maximum Gasteiger partial charge on any atom is 0.224 e. The van der Waals surface area contributed by atoms with Gasteiger partial charge in [0.05, 0.1) is 19.4 Å². The number of para-hydroxylation sites is 1. The van der Waals surface area contributed by atoms with Crippen molar-refractivity contribution in [3.8, 4) is 11.5 Å². The van der Waals surface area contributed by atoms with Crippen LogP contribution in [0, 0.1) is 0 Å². The smallest absolute Gasteiger partial charge is 0.224 e. The van der Waals surface area contributed by atoms with Crippen LogP contribution in [-0.2, 0) is 4.79 Å². The Balaban J connectivity index is 1.52. The molecule has 0 saturated heterocycles. The number of amides is 1. The molecule has 3 rings (SSSR count). The Kier molecular flexibility index (Phi) is 7.00. The lowest BCUT2D eigenvalue weighted by atomic mass is 10.0. The van der Waals surface area contributed by atoms with Gasteiger partial charge in [0, 0.05) is 17.5 Å². The second kappa shape index (κ2) is 10.1. The summed E-state index contributed by atoms with van der Waals surface area (Å²) in [5, 5.41) is 2.84. The average Bonchev–Trinajstić information content (AvgIpc) is 2.77. The lowest BCUT2D eigenvalue weighted by molar-refractivity contribution is -0.116. The molecule has 0 bridgehead atoms. The molecule has 1 N–H and O–H groups in total. The van der Waals surface area contributed by atoms with Crippen LogP contribution in [0.1, 0.15) is 28.8 Å². The fourth-order valence-corrected chi connectivity index (χ4v) is 2.84. The summed E-state index contributed by atoms with van der Waals surface area (Å²) < 4.78 is 10.7. The fourth-order valence-electron chi connectivity index (χ4n) is 2.84. The zero-order valence-electron chi connectivity index (χ0n) is 16.3. The Bertz CT molecular complexity index is 952. The Morgan fingerprint density at radius 2 is 1.48 bits per heavy atom. The van der Waals surface area contributed by atoms with E-state index >= 15 is 0 Å². The molecule has 5 heteroatoms. The highest BCUT2D eigenvalue weighted by Gasteiger charge is 2.14. The third kappa shape index (κ3) is 5.69. The number of hydrogen-bond acceptors (Lipinski definition) is 4. The minimum Gasteiger partial charge on any atom is -0.497 e. The summed E-state index contributed by atoms with van der Waals surface area (Å²) in [5.41, 5.74) is 1.58. The molecule has 3 aromatic carbocycles. The van der Waals surface area contributed by atoms with E-state index in [0.29, 0.717) is 36.3 Å². The second-order valence-electron chi connectivity index (χ2n) is 6.42. The van der Waals surface area contributed by atoms with Crippen molar-refractivity contribution in [1.29, 1.82) is 0 Å². The number of nitrogens with one attached hydrogen (secondary N) is 1. The van der Waals surface area contributed by atoms with Gasteiger partial charge in [-0.25, -0.2) is 0 Å². The van der Waals surface area contributed by atoms with Gasteiger partial charge >= 0.3 is 0 Å². The Morgan fingerprint density at radius 1 is 0.828 bits per heavy atom. The van der Waals surface area contributed by atoms with Gasteiger partial charge in [0.1, 0.15) is 11.5 Å². The van der Waals surface area contributed by atoms with Gasteiger partial charge in [0.25, 0.3) is 0 Å². The molecule has 0 aliphatic carbocycles. The topological polar surface area (TPSA) is 64.6 Å². The molecular formula is C24H23NO4. The molecule has 5 nitrogen and oxygen atoms in total. The SMILES string of the molecule is COc1ccc(OCCCC(=O)Nc2ccccc2C(=O)c2ccccc2)cc1. The Morgan fingerprint density at radius 3 is 2.21 bits per heavy atom. The predicted molar refractivity (Wildman–Crippen MR) is 113 cm³/mol. The quantitative estimate of drug-likeness (QED) is 0.425. The number of hydrogen-bond donors (Lipinski definition) is 1. The highest BCUT2D eigenvalue weighted by atomic mass is 16.5. The molecule has 1 amide bonds. The molecule has 3 aromatic rings. The van der Waals surface area contributed by atoms with Crippen molar-refractivity contribution in [1.82, 2.24) is 0 Å². The molecule has 0 aliphatic rings. The lowest BCUT2D eigenvalue weighted by Gasteiger charge is -2.11. The highest BCUT2D eigenvalue weighted by molar-refractivity contribution is 6.13. The summed E-state index contributed by atoms with van der Waals surface area (Å²) >= 11 is 0. The molecule has 29 heavy (non-hydrogen) atoms. The monoisotopic (exact) mass is 389 g/mol. The van der Waals surface area contributed by atoms with Crippen molar-refractivity contribution < 1.29 is 19.1 Å². The van der Waals surface area contributed by atoms with E-state index in [9.17, 15) is 9.59 Å². The third-order valence-electron chi connectivity index (χ3n) is 4.36. The normalized spacial score (nSPS) is 10.2. The molecule has 0 heterocycles. The summed E-state index contributed by atoms with van der Waals surface area (Å²) in [6, 6.07) is 23.3. The molecule has 0 saturated carbocycles. The summed E-state index contributed by atoms with van der Waals surface area (Å²) in [4.78, 5) is 25.1. The first-order chi connectivity index (χ1) is 14.2. The van der Waals surface area contributed by atoms with Crippen LogP contribution in [-0.4, -0.2) is 25.4 Å². The van der Waals surface area contributed by atoms with Gasteiger partial charge in [-0.15, -0.1) is 0 Å². The van der Waals surface area contributed by atoms with Gasteiger partial charge in [0.2, 0.25) is 5.91 Å². The van der Waals surface area contributed by atoms with E-state index in [4.69, 9.17) is 9.47 Å². The van der Waals surface area contributed by atoms with E-state index in [1.807, 2.05) is 42.5 Å². The van der Waals surface area contributed by atoms with Crippen LogP contribution in [0.15, 0.2) is 78.9 Å². The summed E-state index contributed by atoms with van der Waals surface area (Å²) in [6.45, 7) is 0.421. The molecular weight excluding hydrogens is 366 g/mol. The van der Waals surface area contributed by atoms with Crippen molar-refractivity contribution >= 4 is 17.4 Å². The van der Waals surface area contributed by atoms with Gasteiger partial charge in [-0.3, -0.25) is 9.59 Å². The van der Waals surface area contributed by atoms with Crippen molar-refractivity contribution in [3.63, 3.8) is 0 Å². The number of anilines is 1.